The van der Waals surface area contributed by atoms with Gasteiger partial charge in [0, 0.05) is 30.7 Å². The molecule has 0 radical (unpaired) electrons. The molecule has 0 aliphatic carbocycles. The van der Waals surface area contributed by atoms with Gasteiger partial charge in [0.15, 0.2) is 5.69 Å². The first kappa shape index (κ1) is 15.1. The molecule has 0 bridgehead atoms. The fraction of sp³-hybridized carbons (Fsp3) is 0.105. The predicted octanol–water partition coefficient (Wildman–Crippen LogP) is 3.02. The number of aromatic amines is 1. The Kier molecular flexibility index (Phi) is 3.78. The van der Waals surface area contributed by atoms with E-state index < -0.39 is 0 Å². The summed E-state index contributed by atoms with van der Waals surface area (Å²) in [5.74, 6) is -0.120. The zero-order valence-corrected chi connectivity index (χ0v) is 13.8. The van der Waals surface area contributed by atoms with Gasteiger partial charge in [0.05, 0.1) is 17.4 Å². The molecule has 2 aromatic carbocycles. The van der Waals surface area contributed by atoms with Gasteiger partial charge in [-0.15, -0.1) is 0 Å². The Bertz CT molecular complexity index is 1020. The van der Waals surface area contributed by atoms with E-state index in [0.29, 0.717) is 12.2 Å². The van der Waals surface area contributed by atoms with Crippen molar-refractivity contribution in [2.24, 2.45) is 0 Å². The third-order valence-electron chi connectivity index (χ3n) is 4.10. The van der Waals surface area contributed by atoms with Gasteiger partial charge in [-0.25, -0.2) is 4.68 Å². The van der Waals surface area contributed by atoms with Crippen molar-refractivity contribution in [2.75, 3.05) is 7.05 Å². The number of H-pyrrole nitrogens is 1. The topological polar surface area (TPSA) is 66.8 Å². The SMILES string of the molecule is CN(Cc1cnn(-c2ccccc2)c1)C(=O)c1n[nH]c2ccccc12. The molecular formula is C19H17N5O. The highest BCUT2D eigenvalue weighted by molar-refractivity contribution is 6.04. The molecule has 0 atom stereocenters. The molecule has 2 heterocycles. The summed E-state index contributed by atoms with van der Waals surface area (Å²) in [4.78, 5) is 14.4. The van der Waals surface area contributed by atoms with Crippen molar-refractivity contribution in [3.05, 3.63) is 78.2 Å². The van der Waals surface area contributed by atoms with E-state index in [2.05, 4.69) is 15.3 Å². The average molecular weight is 331 g/mol. The van der Waals surface area contributed by atoms with Crippen LogP contribution in [0.4, 0.5) is 0 Å². The number of hydrogen-bond donors (Lipinski definition) is 1. The lowest BCUT2D eigenvalue weighted by atomic mass is 10.2. The van der Waals surface area contributed by atoms with Gasteiger partial charge in [0.1, 0.15) is 0 Å². The molecule has 1 N–H and O–H groups in total. The molecule has 0 fully saturated rings. The van der Waals surface area contributed by atoms with Gasteiger partial charge in [-0.3, -0.25) is 9.89 Å². The van der Waals surface area contributed by atoms with Crippen LogP contribution < -0.4 is 0 Å². The summed E-state index contributed by atoms with van der Waals surface area (Å²) in [5.41, 5.74) is 3.24. The Balaban J connectivity index is 1.53. The lowest BCUT2D eigenvalue weighted by Crippen LogP contribution is -2.26. The van der Waals surface area contributed by atoms with Crippen LogP contribution >= 0.6 is 0 Å². The lowest BCUT2D eigenvalue weighted by Gasteiger charge is -2.14. The lowest BCUT2D eigenvalue weighted by molar-refractivity contribution is 0.0781. The number of benzene rings is 2. The zero-order valence-electron chi connectivity index (χ0n) is 13.8. The highest BCUT2D eigenvalue weighted by Gasteiger charge is 2.18. The van der Waals surface area contributed by atoms with Crippen molar-refractivity contribution < 1.29 is 4.79 Å². The number of hydrogen-bond acceptors (Lipinski definition) is 3. The van der Waals surface area contributed by atoms with Crippen LogP contribution in [-0.4, -0.2) is 37.8 Å². The molecule has 2 aromatic heterocycles. The molecule has 0 saturated carbocycles. The Labute approximate surface area is 144 Å². The minimum absolute atomic E-state index is 0.120. The van der Waals surface area contributed by atoms with Gasteiger partial charge in [0.25, 0.3) is 5.91 Å². The second kappa shape index (κ2) is 6.24. The van der Waals surface area contributed by atoms with Crippen LogP contribution in [0.25, 0.3) is 16.6 Å². The first-order chi connectivity index (χ1) is 12.2. The maximum Gasteiger partial charge on any atom is 0.275 e. The van der Waals surface area contributed by atoms with E-state index >= 15 is 0 Å². The van der Waals surface area contributed by atoms with Crippen molar-refractivity contribution in [1.29, 1.82) is 0 Å². The Morgan fingerprint density at radius 2 is 1.88 bits per heavy atom. The highest BCUT2D eigenvalue weighted by atomic mass is 16.2. The van der Waals surface area contributed by atoms with Gasteiger partial charge < -0.3 is 4.90 Å². The van der Waals surface area contributed by atoms with Crippen LogP contribution in [0.2, 0.25) is 0 Å². The monoisotopic (exact) mass is 331 g/mol. The van der Waals surface area contributed by atoms with E-state index in [1.165, 1.54) is 0 Å². The molecule has 124 valence electrons. The normalized spacial score (nSPS) is 10.9. The van der Waals surface area contributed by atoms with Crippen molar-refractivity contribution in [1.82, 2.24) is 24.9 Å². The molecule has 6 nitrogen and oxygen atoms in total. The number of carbonyl (C=O) groups is 1. The van der Waals surface area contributed by atoms with E-state index in [0.717, 1.165) is 22.2 Å². The van der Waals surface area contributed by atoms with Crippen molar-refractivity contribution >= 4 is 16.8 Å². The van der Waals surface area contributed by atoms with Crippen LogP contribution in [0.15, 0.2) is 67.0 Å². The van der Waals surface area contributed by atoms with Crippen LogP contribution in [0.5, 0.6) is 0 Å². The van der Waals surface area contributed by atoms with E-state index in [1.807, 2.05) is 60.8 Å². The van der Waals surface area contributed by atoms with E-state index in [9.17, 15) is 4.79 Å². The molecule has 0 aliphatic heterocycles. The van der Waals surface area contributed by atoms with Crippen molar-refractivity contribution in [2.45, 2.75) is 6.54 Å². The fourth-order valence-corrected chi connectivity index (χ4v) is 2.82. The summed E-state index contributed by atoms with van der Waals surface area (Å²) in [5, 5.41) is 12.3. The Hall–Kier alpha value is -3.41. The summed E-state index contributed by atoms with van der Waals surface area (Å²) in [6.45, 7) is 0.465. The number of amides is 1. The largest absolute Gasteiger partial charge is 0.336 e. The number of nitrogens with one attached hydrogen (secondary N) is 1. The molecule has 4 rings (SSSR count). The van der Waals surface area contributed by atoms with Gasteiger partial charge in [-0.1, -0.05) is 36.4 Å². The molecular weight excluding hydrogens is 314 g/mol. The number of nitrogens with zero attached hydrogens (tertiary/aromatic N) is 4. The number of rotatable bonds is 4. The van der Waals surface area contributed by atoms with E-state index in [4.69, 9.17) is 0 Å². The van der Waals surface area contributed by atoms with Gasteiger partial charge >= 0.3 is 0 Å². The summed E-state index contributed by atoms with van der Waals surface area (Å²) in [6.07, 6.45) is 3.71. The first-order valence-corrected chi connectivity index (χ1v) is 8.00. The molecule has 0 spiro atoms. The smallest absolute Gasteiger partial charge is 0.275 e. The average Bonchev–Trinajstić information content (AvgIpc) is 3.29. The predicted molar refractivity (Wildman–Crippen MR) is 95.5 cm³/mol. The molecule has 4 aromatic rings. The van der Waals surface area contributed by atoms with Gasteiger partial charge in [-0.05, 0) is 18.2 Å². The van der Waals surface area contributed by atoms with E-state index in [-0.39, 0.29) is 5.91 Å². The van der Waals surface area contributed by atoms with Crippen LogP contribution in [0.1, 0.15) is 16.1 Å². The number of para-hydroxylation sites is 2. The van der Waals surface area contributed by atoms with Crippen LogP contribution in [0.3, 0.4) is 0 Å². The van der Waals surface area contributed by atoms with Crippen LogP contribution in [0, 0.1) is 0 Å². The van der Waals surface area contributed by atoms with Gasteiger partial charge in [0.2, 0.25) is 0 Å². The standard InChI is InChI=1S/C19H17N5O/c1-23(19(25)18-16-9-5-6-10-17(16)21-22-18)12-14-11-20-24(13-14)15-7-3-2-4-8-15/h2-11,13H,12H2,1H3,(H,21,22). The Morgan fingerprint density at radius 1 is 1.12 bits per heavy atom. The van der Waals surface area contributed by atoms with Gasteiger partial charge in [-0.2, -0.15) is 10.2 Å². The van der Waals surface area contributed by atoms with Crippen molar-refractivity contribution in [3.8, 4) is 5.69 Å². The summed E-state index contributed by atoms with van der Waals surface area (Å²) in [7, 11) is 1.77. The zero-order chi connectivity index (χ0) is 17.2. The highest BCUT2D eigenvalue weighted by Crippen LogP contribution is 2.17. The molecule has 0 aliphatic rings. The third kappa shape index (κ3) is 2.89. The Morgan fingerprint density at radius 3 is 2.72 bits per heavy atom. The molecule has 0 unspecified atom stereocenters. The minimum atomic E-state index is -0.120. The van der Waals surface area contributed by atoms with Crippen molar-refractivity contribution in [3.63, 3.8) is 0 Å². The number of fused-ring (bicyclic) bond motifs is 1. The number of carbonyl (C=O) groups excluding carboxylic acids is 1. The maximum absolute atomic E-state index is 12.7. The summed E-state index contributed by atoms with van der Waals surface area (Å²) >= 11 is 0. The molecule has 25 heavy (non-hydrogen) atoms. The second-order valence-corrected chi connectivity index (χ2v) is 5.91. The summed E-state index contributed by atoms with van der Waals surface area (Å²) < 4.78 is 1.80. The first-order valence-electron chi connectivity index (χ1n) is 8.00. The quantitative estimate of drug-likeness (QED) is 0.625. The molecule has 1 amide bonds. The number of aromatic nitrogens is 4. The minimum Gasteiger partial charge on any atom is -0.336 e. The molecule has 0 saturated heterocycles. The van der Waals surface area contributed by atoms with Crippen LogP contribution in [-0.2, 0) is 6.54 Å². The second-order valence-electron chi connectivity index (χ2n) is 5.91. The van der Waals surface area contributed by atoms with E-state index in [1.54, 1.807) is 22.8 Å². The maximum atomic E-state index is 12.7. The summed E-state index contributed by atoms with van der Waals surface area (Å²) in [6, 6.07) is 17.5. The third-order valence-corrected chi connectivity index (χ3v) is 4.10. The molecule has 6 heteroatoms. The fourth-order valence-electron chi connectivity index (χ4n) is 2.82.